The lowest BCUT2D eigenvalue weighted by molar-refractivity contribution is -0.126. The molecule has 0 heterocycles. The Labute approximate surface area is 101 Å². The maximum Gasteiger partial charge on any atom is 0.236 e. The zero-order valence-electron chi connectivity index (χ0n) is 9.00. The molecular weight excluding hydrogens is 239 g/mol. The number of nitriles is 1. The van der Waals surface area contributed by atoms with E-state index in [9.17, 15) is 4.79 Å². The van der Waals surface area contributed by atoms with Gasteiger partial charge >= 0.3 is 0 Å². The zero-order valence-corrected chi connectivity index (χ0v) is 10.5. The minimum absolute atomic E-state index is 0.0540. The molecule has 0 aliphatic heterocycles. The van der Waals surface area contributed by atoms with Crippen LogP contribution in [0.5, 0.6) is 0 Å². The molecule has 0 atom stereocenters. The second kappa shape index (κ2) is 13.5. The number of nitrogens with zero attached hydrogens (tertiary/aromatic N) is 2. The van der Waals surface area contributed by atoms with Gasteiger partial charge in [-0.15, -0.1) is 23.2 Å². The van der Waals surface area contributed by atoms with Crippen molar-refractivity contribution in [3.8, 4) is 6.07 Å². The number of carbonyl (C=O) groups is 1. The molecule has 0 rings (SSSR count). The van der Waals surface area contributed by atoms with Crippen LogP contribution in [0.15, 0.2) is 0 Å². The first kappa shape index (κ1) is 16.9. The third-order valence-electron chi connectivity index (χ3n) is 1.19. The predicted molar refractivity (Wildman–Crippen MR) is 61.2 cm³/mol. The van der Waals surface area contributed by atoms with E-state index in [1.165, 1.54) is 4.90 Å². The molecule has 0 saturated carbocycles. The van der Waals surface area contributed by atoms with E-state index in [4.69, 9.17) is 33.2 Å². The molecule has 6 heteroatoms. The molecular formula is C9H16Cl2N2O2. The summed E-state index contributed by atoms with van der Waals surface area (Å²) in [6.45, 7) is 1.05. The predicted octanol–water partition coefficient (Wildman–Crippen LogP) is 1.47. The number of hydrogen-bond acceptors (Lipinski definition) is 3. The van der Waals surface area contributed by atoms with Crippen molar-refractivity contribution in [1.29, 1.82) is 5.26 Å². The molecule has 0 N–H and O–H groups in total. The molecule has 4 nitrogen and oxygen atoms in total. The summed E-state index contributed by atoms with van der Waals surface area (Å²) in [6.07, 6.45) is 0.455. The van der Waals surface area contributed by atoms with Crippen LogP contribution in [-0.4, -0.2) is 49.9 Å². The fraction of sp³-hybridized carbons (Fsp3) is 0.778. The van der Waals surface area contributed by atoms with Crippen LogP contribution in [0.4, 0.5) is 0 Å². The van der Waals surface area contributed by atoms with Gasteiger partial charge in [0.2, 0.25) is 5.91 Å². The smallest absolute Gasteiger partial charge is 0.236 e. The van der Waals surface area contributed by atoms with Crippen molar-refractivity contribution in [2.24, 2.45) is 0 Å². The highest BCUT2D eigenvalue weighted by Gasteiger charge is 1.97. The van der Waals surface area contributed by atoms with Gasteiger partial charge in [0, 0.05) is 20.0 Å². The number of alkyl halides is 2. The number of ether oxygens (including phenoxy) is 1. The fourth-order valence-corrected chi connectivity index (χ4v) is 0.742. The van der Waals surface area contributed by atoms with E-state index < -0.39 is 0 Å². The molecule has 0 unspecified atom stereocenters. The molecule has 1 amide bonds. The normalized spacial score (nSPS) is 8.47. The van der Waals surface area contributed by atoms with Gasteiger partial charge in [0.05, 0.1) is 25.7 Å². The summed E-state index contributed by atoms with van der Waals surface area (Å²) in [6, 6.07) is 1.96. The molecule has 0 spiro atoms. The monoisotopic (exact) mass is 254 g/mol. The highest BCUT2D eigenvalue weighted by Crippen LogP contribution is 1.81. The highest BCUT2D eigenvalue weighted by atomic mass is 35.5. The third-order valence-corrected chi connectivity index (χ3v) is 1.58. The van der Waals surface area contributed by atoms with Crippen LogP contribution in [0.1, 0.15) is 6.42 Å². The molecule has 0 aliphatic rings. The van der Waals surface area contributed by atoms with Gasteiger partial charge in [-0.3, -0.25) is 4.79 Å². The Bertz CT molecular complexity index is 193. The lowest BCUT2D eigenvalue weighted by Gasteiger charge is -2.04. The Morgan fingerprint density at radius 3 is 2.27 bits per heavy atom. The quantitative estimate of drug-likeness (QED) is 0.552. The summed E-state index contributed by atoms with van der Waals surface area (Å²) in [5, 5.41) is 8.00. The van der Waals surface area contributed by atoms with E-state index in [1.807, 2.05) is 6.07 Å². The zero-order chi connectivity index (χ0) is 12.1. The average molecular weight is 255 g/mol. The molecule has 0 saturated heterocycles. The second-order valence-electron chi connectivity index (χ2n) is 2.63. The number of rotatable bonds is 5. The van der Waals surface area contributed by atoms with E-state index in [-0.39, 0.29) is 11.8 Å². The van der Waals surface area contributed by atoms with E-state index in [2.05, 4.69) is 0 Å². The Hall–Kier alpha value is -0.500. The van der Waals surface area contributed by atoms with Crippen molar-refractivity contribution in [2.45, 2.75) is 6.42 Å². The molecule has 88 valence electrons. The molecule has 0 aliphatic carbocycles. The maximum atomic E-state index is 10.3. The standard InChI is InChI=1S/C5H8ClNO.C4H8ClNO/c6-2-5-8-4-1-3-7;1-6(2)4(7)3-5/h1-2,4-5H2;3H2,1-2H3. The molecule has 0 radical (unpaired) electrons. The van der Waals surface area contributed by atoms with E-state index in [1.54, 1.807) is 14.1 Å². The van der Waals surface area contributed by atoms with Crippen molar-refractivity contribution >= 4 is 29.1 Å². The first-order valence-electron chi connectivity index (χ1n) is 4.36. The van der Waals surface area contributed by atoms with Crippen molar-refractivity contribution in [1.82, 2.24) is 4.90 Å². The van der Waals surface area contributed by atoms with Crippen molar-refractivity contribution in [2.75, 3.05) is 39.1 Å². The molecule has 15 heavy (non-hydrogen) atoms. The van der Waals surface area contributed by atoms with Gasteiger partial charge < -0.3 is 9.64 Å². The van der Waals surface area contributed by atoms with Crippen LogP contribution < -0.4 is 0 Å². The first-order chi connectivity index (χ1) is 7.09. The molecule has 0 fully saturated rings. The van der Waals surface area contributed by atoms with Gasteiger partial charge in [-0.1, -0.05) is 0 Å². The second-order valence-corrected chi connectivity index (χ2v) is 3.28. The van der Waals surface area contributed by atoms with E-state index in [0.29, 0.717) is 25.5 Å². The SMILES string of the molecule is CN(C)C(=O)CCl.N#CCCOCCCl. The topological polar surface area (TPSA) is 53.3 Å². The van der Waals surface area contributed by atoms with Crippen molar-refractivity contribution < 1.29 is 9.53 Å². The van der Waals surface area contributed by atoms with Crippen molar-refractivity contribution in [3.63, 3.8) is 0 Å². The number of halogens is 2. The minimum Gasteiger partial charge on any atom is -0.379 e. The molecule has 0 aromatic carbocycles. The largest absolute Gasteiger partial charge is 0.379 e. The summed E-state index contributed by atoms with van der Waals surface area (Å²) in [7, 11) is 3.34. The summed E-state index contributed by atoms with van der Waals surface area (Å²) in [4.78, 5) is 11.8. The van der Waals surface area contributed by atoms with Gasteiger partial charge in [0.15, 0.2) is 0 Å². The Morgan fingerprint density at radius 2 is 2.00 bits per heavy atom. The Kier molecular flexibility index (Phi) is 15.2. The van der Waals surface area contributed by atoms with Gasteiger partial charge in [0.1, 0.15) is 5.88 Å². The van der Waals surface area contributed by atoms with E-state index in [0.717, 1.165) is 0 Å². The molecule has 0 aromatic heterocycles. The summed E-state index contributed by atoms with van der Waals surface area (Å²) >= 11 is 10.4. The van der Waals surface area contributed by atoms with Crippen LogP contribution in [0, 0.1) is 11.3 Å². The number of amides is 1. The van der Waals surface area contributed by atoms with Gasteiger partial charge in [0.25, 0.3) is 0 Å². The fourth-order valence-electron chi connectivity index (χ4n) is 0.394. The number of hydrogen-bond donors (Lipinski definition) is 0. The highest BCUT2D eigenvalue weighted by molar-refractivity contribution is 6.27. The lowest BCUT2D eigenvalue weighted by atomic mass is 10.5. The average Bonchev–Trinajstić information content (AvgIpc) is 2.24. The van der Waals surface area contributed by atoms with Crippen molar-refractivity contribution in [3.05, 3.63) is 0 Å². The van der Waals surface area contributed by atoms with Crippen LogP contribution in [0.25, 0.3) is 0 Å². The van der Waals surface area contributed by atoms with Gasteiger partial charge in [-0.2, -0.15) is 5.26 Å². The van der Waals surface area contributed by atoms with Gasteiger partial charge in [-0.25, -0.2) is 0 Å². The van der Waals surface area contributed by atoms with Crippen LogP contribution in [0.3, 0.4) is 0 Å². The van der Waals surface area contributed by atoms with Crippen LogP contribution in [-0.2, 0) is 9.53 Å². The Balaban J connectivity index is 0. The summed E-state index contributed by atoms with van der Waals surface area (Å²) in [5.41, 5.74) is 0. The number of carbonyl (C=O) groups excluding carboxylic acids is 1. The van der Waals surface area contributed by atoms with E-state index >= 15 is 0 Å². The van der Waals surface area contributed by atoms with Crippen LogP contribution in [0.2, 0.25) is 0 Å². The maximum absolute atomic E-state index is 10.3. The third kappa shape index (κ3) is 16.2. The first-order valence-corrected chi connectivity index (χ1v) is 5.43. The Morgan fingerprint density at radius 1 is 1.40 bits per heavy atom. The van der Waals surface area contributed by atoms with Gasteiger partial charge in [-0.05, 0) is 0 Å². The summed E-state index contributed by atoms with van der Waals surface area (Å²) in [5.74, 6) is 0.528. The summed E-state index contributed by atoms with van der Waals surface area (Å²) < 4.78 is 4.87. The lowest BCUT2D eigenvalue weighted by Crippen LogP contribution is -2.22. The minimum atomic E-state index is -0.0540. The molecule has 0 aromatic rings. The molecule has 0 bridgehead atoms. The van der Waals surface area contributed by atoms with Crippen LogP contribution >= 0.6 is 23.2 Å².